The van der Waals surface area contributed by atoms with Crippen molar-refractivity contribution in [2.75, 3.05) is 12.0 Å². The molecule has 3 aromatic carbocycles. The number of carbonyl (C=O) groups excluding carboxylic acids is 1. The fraction of sp³-hybridized carbons (Fsp3) is 0.192. The first-order valence-electron chi connectivity index (χ1n) is 10.6. The summed E-state index contributed by atoms with van der Waals surface area (Å²) in [5.74, 6) is 1.24. The number of carbonyl (C=O) groups is 1. The number of methoxy groups -OCH3 is 1. The van der Waals surface area contributed by atoms with E-state index in [9.17, 15) is 4.79 Å². The summed E-state index contributed by atoms with van der Waals surface area (Å²) in [7, 11) is 1.65. The summed E-state index contributed by atoms with van der Waals surface area (Å²) in [4.78, 5) is 20.0. The van der Waals surface area contributed by atoms with Gasteiger partial charge in [-0.2, -0.15) is 10.1 Å². The highest BCUT2D eigenvalue weighted by atomic mass is 16.5. The first-order chi connectivity index (χ1) is 15.7. The number of amides is 1. The number of hydrogen-bond donors (Lipinski definition) is 0. The highest BCUT2D eigenvalue weighted by Crippen LogP contribution is 2.42. The van der Waals surface area contributed by atoms with Crippen molar-refractivity contribution in [3.63, 3.8) is 0 Å². The van der Waals surface area contributed by atoms with E-state index in [4.69, 9.17) is 4.74 Å². The van der Waals surface area contributed by atoms with E-state index in [0.717, 1.165) is 22.4 Å². The molecule has 0 saturated heterocycles. The molecule has 6 nitrogen and oxygen atoms in total. The van der Waals surface area contributed by atoms with Gasteiger partial charge in [0.2, 0.25) is 5.95 Å². The van der Waals surface area contributed by atoms with Crippen molar-refractivity contribution in [2.24, 2.45) is 0 Å². The van der Waals surface area contributed by atoms with Gasteiger partial charge in [0.15, 0.2) is 0 Å². The summed E-state index contributed by atoms with van der Waals surface area (Å²) in [5.41, 5.74) is 3.91. The van der Waals surface area contributed by atoms with Gasteiger partial charge in [-0.05, 0) is 48.7 Å². The molecule has 32 heavy (non-hydrogen) atoms. The summed E-state index contributed by atoms with van der Waals surface area (Å²) in [6.45, 7) is 2.01. The van der Waals surface area contributed by atoms with Crippen LogP contribution in [0.4, 0.5) is 5.95 Å². The lowest BCUT2D eigenvalue weighted by Gasteiger charge is -2.39. The van der Waals surface area contributed by atoms with Crippen LogP contribution in [0.25, 0.3) is 0 Å². The topological polar surface area (TPSA) is 60.2 Å². The minimum Gasteiger partial charge on any atom is -0.497 e. The van der Waals surface area contributed by atoms with Gasteiger partial charge in [0.25, 0.3) is 5.91 Å². The Morgan fingerprint density at radius 3 is 2.28 bits per heavy atom. The van der Waals surface area contributed by atoms with E-state index in [1.54, 1.807) is 12.0 Å². The van der Waals surface area contributed by atoms with E-state index in [-0.39, 0.29) is 18.0 Å². The van der Waals surface area contributed by atoms with Crippen LogP contribution in [0.15, 0.2) is 85.2 Å². The molecule has 0 fully saturated rings. The molecule has 2 heterocycles. The maximum Gasteiger partial charge on any atom is 0.261 e. The number of aromatic nitrogens is 3. The van der Waals surface area contributed by atoms with E-state index < -0.39 is 0 Å². The summed E-state index contributed by atoms with van der Waals surface area (Å²) >= 11 is 0. The SMILES string of the molecule is COc1ccc([C@H]2C[C@H](c3ccccc3)n3ncnc3N2C(=O)c2ccc(C)cc2)cc1. The molecule has 0 N–H and O–H groups in total. The van der Waals surface area contributed by atoms with E-state index in [1.165, 1.54) is 6.33 Å². The third-order valence-corrected chi connectivity index (χ3v) is 6.03. The molecule has 160 valence electrons. The Morgan fingerprint density at radius 1 is 0.906 bits per heavy atom. The van der Waals surface area contributed by atoms with E-state index in [0.29, 0.717) is 17.9 Å². The minimum absolute atomic E-state index is 0.0251. The van der Waals surface area contributed by atoms with Gasteiger partial charge in [0.1, 0.15) is 12.1 Å². The average Bonchev–Trinajstić information content (AvgIpc) is 3.33. The second-order valence-corrected chi connectivity index (χ2v) is 8.00. The molecule has 0 radical (unpaired) electrons. The number of aryl methyl sites for hydroxylation is 1. The van der Waals surface area contributed by atoms with Crippen LogP contribution in [0.3, 0.4) is 0 Å². The van der Waals surface area contributed by atoms with Crippen molar-refractivity contribution in [2.45, 2.75) is 25.4 Å². The van der Waals surface area contributed by atoms with Crippen molar-refractivity contribution >= 4 is 11.9 Å². The molecule has 6 heteroatoms. The zero-order valence-corrected chi connectivity index (χ0v) is 18.1. The Bertz CT molecular complexity index is 1220. The second-order valence-electron chi connectivity index (χ2n) is 8.00. The highest BCUT2D eigenvalue weighted by molar-refractivity contribution is 6.05. The molecular weight excluding hydrogens is 400 g/mol. The van der Waals surface area contributed by atoms with Crippen molar-refractivity contribution in [1.82, 2.24) is 14.8 Å². The quantitative estimate of drug-likeness (QED) is 0.464. The second kappa shape index (κ2) is 8.30. The van der Waals surface area contributed by atoms with Gasteiger partial charge in [-0.25, -0.2) is 4.68 Å². The smallest absolute Gasteiger partial charge is 0.261 e. The van der Waals surface area contributed by atoms with Gasteiger partial charge < -0.3 is 4.74 Å². The van der Waals surface area contributed by atoms with Crippen LogP contribution in [0.5, 0.6) is 5.75 Å². The highest BCUT2D eigenvalue weighted by Gasteiger charge is 2.39. The van der Waals surface area contributed by atoms with Crippen LogP contribution < -0.4 is 9.64 Å². The molecular formula is C26H24N4O2. The molecule has 1 aliphatic heterocycles. The first kappa shape index (κ1) is 20.0. The normalized spacial score (nSPS) is 17.6. The largest absolute Gasteiger partial charge is 0.497 e. The molecule has 1 aromatic heterocycles. The molecule has 0 aliphatic carbocycles. The lowest BCUT2D eigenvalue weighted by molar-refractivity contribution is 0.0963. The molecule has 0 bridgehead atoms. The van der Waals surface area contributed by atoms with Crippen LogP contribution in [-0.2, 0) is 0 Å². The summed E-state index contributed by atoms with van der Waals surface area (Å²) in [6, 6.07) is 25.6. The molecule has 1 amide bonds. The molecule has 4 aromatic rings. The van der Waals surface area contributed by atoms with Crippen LogP contribution in [0, 0.1) is 6.92 Å². The van der Waals surface area contributed by atoms with E-state index >= 15 is 0 Å². The zero-order chi connectivity index (χ0) is 22.1. The summed E-state index contributed by atoms with van der Waals surface area (Å²) in [6.07, 6.45) is 2.21. The summed E-state index contributed by atoms with van der Waals surface area (Å²) in [5, 5.41) is 4.50. The summed E-state index contributed by atoms with van der Waals surface area (Å²) < 4.78 is 7.20. The Morgan fingerprint density at radius 2 is 1.59 bits per heavy atom. The van der Waals surface area contributed by atoms with Gasteiger partial charge in [-0.15, -0.1) is 0 Å². The maximum atomic E-state index is 13.7. The van der Waals surface area contributed by atoms with Crippen molar-refractivity contribution in [3.8, 4) is 5.75 Å². The van der Waals surface area contributed by atoms with Crippen LogP contribution in [0.2, 0.25) is 0 Å². The molecule has 5 rings (SSSR count). The van der Waals surface area contributed by atoms with Crippen LogP contribution in [0.1, 0.15) is 45.6 Å². The number of benzene rings is 3. The Kier molecular flexibility index (Phi) is 5.19. The number of anilines is 1. The third-order valence-electron chi connectivity index (χ3n) is 6.03. The number of rotatable bonds is 4. The fourth-order valence-corrected chi connectivity index (χ4v) is 4.32. The van der Waals surface area contributed by atoms with Crippen molar-refractivity contribution < 1.29 is 9.53 Å². The number of ether oxygens (including phenoxy) is 1. The monoisotopic (exact) mass is 424 g/mol. The van der Waals surface area contributed by atoms with Gasteiger partial charge in [0.05, 0.1) is 19.2 Å². The maximum absolute atomic E-state index is 13.7. The van der Waals surface area contributed by atoms with Crippen LogP contribution in [-0.4, -0.2) is 27.8 Å². The van der Waals surface area contributed by atoms with Crippen LogP contribution >= 0.6 is 0 Å². The lowest BCUT2D eigenvalue weighted by atomic mass is 9.91. The van der Waals surface area contributed by atoms with E-state index in [2.05, 4.69) is 22.2 Å². The van der Waals surface area contributed by atoms with Gasteiger partial charge in [-0.3, -0.25) is 9.69 Å². The van der Waals surface area contributed by atoms with Crippen molar-refractivity contribution in [1.29, 1.82) is 0 Å². The van der Waals surface area contributed by atoms with Gasteiger partial charge in [-0.1, -0.05) is 60.2 Å². The zero-order valence-electron chi connectivity index (χ0n) is 18.1. The average molecular weight is 425 g/mol. The number of nitrogens with zero attached hydrogens (tertiary/aromatic N) is 4. The molecule has 2 atom stereocenters. The molecule has 0 spiro atoms. The van der Waals surface area contributed by atoms with Gasteiger partial charge >= 0.3 is 0 Å². The predicted molar refractivity (Wildman–Crippen MR) is 123 cm³/mol. The third kappa shape index (κ3) is 3.54. The fourth-order valence-electron chi connectivity index (χ4n) is 4.32. The van der Waals surface area contributed by atoms with E-state index in [1.807, 2.05) is 78.3 Å². The molecule has 1 aliphatic rings. The van der Waals surface area contributed by atoms with Crippen molar-refractivity contribution in [3.05, 3.63) is 107 Å². The Balaban J connectivity index is 1.63. The Labute approximate surface area is 187 Å². The van der Waals surface area contributed by atoms with Gasteiger partial charge in [0, 0.05) is 5.56 Å². The first-order valence-corrected chi connectivity index (χ1v) is 10.6. The number of hydrogen-bond acceptors (Lipinski definition) is 4. The lowest BCUT2D eigenvalue weighted by Crippen LogP contribution is -2.42. The predicted octanol–water partition coefficient (Wildman–Crippen LogP) is 4.98. The molecule has 0 unspecified atom stereocenters. The standard InChI is InChI=1S/C26H24N4O2/c1-18-8-10-21(11-9-18)25(31)29-23(20-12-14-22(32-2)15-13-20)16-24(19-6-4-3-5-7-19)30-26(29)27-17-28-30/h3-15,17,23-24H,16H2,1-2H3/t23-,24-/m1/s1. The molecule has 0 saturated carbocycles. The Hall–Kier alpha value is -3.93. The minimum atomic E-state index is -0.198. The number of fused-ring (bicyclic) bond motifs is 1.